The summed E-state index contributed by atoms with van der Waals surface area (Å²) in [6.45, 7) is 0.196. The second-order valence-electron chi connectivity index (χ2n) is 7.85. The number of benzene rings is 1. The van der Waals surface area contributed by atoms with Gasteiger partial charge in [0.05, 0.1) is 10.5 Å². The lowest BCUT2D eigenvalue weighted by Gasteiger charge is -2.23. The van der Waals surface area contributed by atoms with Crippen molar-refractivity contribution in [3.8, 4) is 0 Å². The van der Waals surface area contributed by atoms with Crippen molar-refractivity contribution in [1.29, 1.82) is 0 Å². The third-order valence-electron chi connectivity index (χ3n) is 5.83. The van der Waals surface area contributed by atoms with Gasteiger partial charge in [-0.05, 0) is 68.4 Å². The number of aryl methyl sites for hydroxylation is 1. The van der Waals surface area contributed by atoms with E-state index >= 15 is 0 Å². The molecule has 0 radical (unpaired) electrons. The van der Waals surface area contributed by atoms with Crippen molar-refractivity contribution < 1.29 is 22.4 Å². The Bertz CT molecular complexity index is 1110. The number of anilines is 1. The molecular weight excluding hydrogens is 441 g/mol. The van der Waals surface area contributed by atoms with Crippen LogP contribution < -0.4 is 11.1 Å². The van der Waals surface area contributed by atoms with Crippen LogP contribution in [0.3, 0.4) is 0 Å². The van der Waals surface area contributed by atoms with Crippen LogP contribution in [0.15, 0.2) is 29.2 Å². The summed E-state index contributed by atoms with van der Waals surface area (Å²) in [6, 6.07) is 3.64. The third-order valence-corrected chi connectivity index (χ3v) is 8.96. The average molecular weight is 466 g/mol. The van der Waals surface area contributed by atoms with Crippen LogP contribution in [0.25, 0.3) is 0 Å². The zero-order valence-corrected chi connectivity index (χ0v) is 18.5. The first-order valence-electron chi connectivity index (χ1n) is 10.3. The molecule has 2 aromatic rings. The van der Waals surface area contributed by atoms with Gasteiger partial charge in [0.15, 0.2) is 0 Å². The number of sulfonamides is 1. The lowest BCUT2D eigenvalue weighted by Crippen LogP contribution is -2.43. The number of halogens is 1. The first kappa shape index (κ1) is 21.9. The summed E-state index contributed by atoms with van der Waals surface area (Å²) >= 11 is 1.36. The van der Waals surface area contributed by atoms with Gasteiger partial charge in [-0.25, -0.2) is 12.8 Å². The van der Waals surface area contributed by atoms with Crippen molar-refractivity contribution in [2.75, 3.05) is 11.9 Å². The van der Waals surface area contributed by atoms with Gasteiger partial charge in [-0.15, -0.1) is 11.3 Å². The Hall–Kier alpha value is -2.30. The summed E-state index contributed by atoms with van der Waals surface area (Å²) in [5.74, 6) is -1.61. The number of carbonyl (C=O) groups is 2. The maximum atomic E-state index is 13.2. The van der Waals surface area contributed by atoms with Gasteiger partial charge in [0.25, 0.3) is 5.91 Å². The van der Waals surface area contributed by atoms with Gasteiger partial charge >= 0.3 is 0 Å². The number of nitrogens with zero attached hydrogens (tertiary/aromatic N) is 1. The number of fused-ring (bicyclic) bond motifs is 1. The van der Waals surface area contributed by atoms with E-state index < -0.39 is 33.7 Å². The predicted octanol–water partition coefficient (Wildman–Crippen LogP) is 3.05. The molecule has 0 saturated carbocycles. The molecule has 2 aliphatic rings. The summed E-state index contributed by atoms with van der Waals surface area (Å²) in [5, 5.41) is 3.19. The van der Waals surface area contributed by atoms with Crippen molar-refractivity contribution in [3.05, 3.63) is 46.1 Å². The standard InChI is InChI=1S/C21H24FN3O4S2/c22-13-8-10-14(11-9-13)31(28,29)25-12-4-6-16(25)20(27)24-21-18(19(23)26)15-5-2-1-3-7-17(15)30-21/h8-11,16H,1-7,12H2,(H2,23,26)(H,24,27). The molecule has 1 aliphatic heterocycles. The fraction of sp³-hybridized carbons (Fsp3) is 0.429. The van der Waals surface area contributed by atoms with Gasteiger partial charge in [0.1, 0.15) is 16.9 Å². The Morgan fingerprint density at radius 1 is 1.10 bits per heavy atom. The van der Waals surface area contributed by atoms with Crippen LogP contribution in [0.1, 0.15) is 52.9 Å². The van der Waals surface area contributed by atoms with Crippen LogP contribution in [0.4, 0.5) is 9.39 Å². The summed E-state index contributed by atoms with van der Waals surface area (Å²) in [5.41, 5.74) is 6.89. The van der Waals surface area contributed by atoms with E-state index in [4.69, 9.17) is 5.73 Å². The molecule has 1 fully saturated rings. The number of hydrogen-bond donors (Lipinski definition) is 2. The van der Waals surface area contributed by atoms with Crippen molar-refractivity contribution in [3.63, 3.8) is 0 Å². The Kier molecular flexibility index (Phi) is 6.14. The molecule has 31 heavy (non-hydrogen) atoms. The van der Waals surface area contributed by atoms with Crippen molar-refractivity contribution in [2.24, 2.45) is 5.73 Å². The van der Waals surface area contributed by atoms with Gasteiger partial charge in [0, 0.05) is 11.4 Å². The highest BCUT2D eigenvalue weighted by atomic mass is 32.2. The van der Waals surface area contributed by atoms with E-state index in [1.165, 1.54) is 23.5 Å². The molecule has 3 N–H and O–H groups in total. The van der Waals surface area contributed by atoms with Crippen molar-refractivity contribution >= 4 is 38.2 Å². The normalized spacial score (nSPS) is 19.6. The summed E-state index contributed by atoms with van der Waals surface area (Å²) in [7, 11) is -3.96. The van der Waals surface area contributed by atoms with Crippen molar-refractivity contribution in [1.82, 2.24) is 4.31 Å². The fourth-order valence-corrected chi connectivity index (χ4v) is 7.27. The Balaban J connectivity index is 1.60. The molecule has 7 nitrogen and oxygen atoms in total. The zero-order valence-electron chi connectivity index (χ0n) is 16.9. The molecule has 0 spiro atoms. The molecule has 1 aliphatic carbocycles. The fourth-order valence-electron chi connectivity index (χ4n) is 4.32. The first-order valence-corrected chi connectivity index (χ1v) is 12.6. The van der Waals surface area contributed by atoms with E-state index in [-0.39, 0.29) is 11.4 Å². The highest BCUT2D eigenvalue weighted by Crippen LogP contribution is 2.38. The number of nitrogens with one attached hydrogen (secondary N) is 1. The van der Waals surface area contributed by atoms with E-state index in [9.17, 15) is 22.4 Å². The molecule has 1 aromatic heterocycles. The van der Waals surface area contributed by atoms with E-state index in [1.54, 1.807) is 0 Å². The van der Waals surface area contributed by atoms with Crippen LogP contribution in [0.2, 0.25) is 0 Å². The van der Waals surface area contributed by atoms with E-state index in [2.05, 4.69) is 5.32 Å². The Morgan fingerprint density at radius 3 is 2.52 bits per heavy atom. The lowest BCUT2D eigenvalue weighted by molar-refractivity contribution is -0.119. The number of rotatable bonds is 5. The molecule has 1 aromatic carbocycles. The van der Waals surface area contributed by atoms with Gasteiger partial charge in [-0.1, -0.05) is 6.42 Å². The van der Waals surface area contributed by atoms with Gasteiger partial charge in [-0.3, -0.25) is 9.59 Å². The summed E-state index contributed by atoms with van der Waals surface area (Å²) in [6.07, 6.45) is 5.54. The molecule has 166 valence electrons. The van der Waals surface area contributed by atoms with Gasteiger partial charge < -0.3 is 11.1 Å². The maximum Gasteiger partial charge on any atom is 0.251 e. The number of nitrogens with two attached hydrogens (primary N) is 1. The monoisotopic (exact) mass is 465 g/mol. The Morgan fingerprint density at radius 2 is 1.81 bits per heavy atom. The third kappa shape index (κ3) is 4.24. The van der Waals surface area contributed by atoms with Crippen molar-refractivity contribution in [2.45, 2.75) is 55.9 Å². The van der Waals surface area contributed by atoms with Crippen LogP contribution in [-0.2, 0) is 27.7 Å². The molecule has 2 amide bonds. The molecule has 1 saturated heterocycles. The van der Waals surface area contributed by atoms with Crippen LogP contribution >= 0.6 is 11.3 Å². The molecule has 4 rings (SSSR count). The number of primary amides is 1. The summed E-state index contributed by atoms with van der Waals surface area (Å²) in [4.78, 5) is 26.2. The second-order valence-corrected chi connectivity index (χ2v) is 10.8. The highest BCUT2D eigenvalue weighted by molar-refractivity contribution is 7.89. The SMILES string of the molecule is NC(=O)c1c(NC(=O)C2CCCN2S(=O)(=O)c2ccc(F)cc2)sc2c1CCCCC2. The summed E-state index contributed by atoms with van der Waals surface area (Å²) < 4.78 is 40.4. The molecule has 0 bridgehead atoms. The first-order chi connectivity index (χ1) is 14.8. The molecule has 1 unspecified atom stereocenters. The van der Waals surface area contributed by atoms with E-state index in [0.29, 0.717) is 23.4 Å². The smallest absolute Gasteiger partial charge is 0.251 e. The molecule has 2 heterocycles. The van der Waals surface area contributed by atoms with Gasteiger partial charge in [0.2, 0.25) is 15.9 Å². The predicted molar refractivity (Wildman–Crippen MR) is 116 cm³/mol. The minimum atomic E-state index is -3.96. The minimum Gasteiger partial charge on any atom is -0.365 e. The van der Waals surface area contributed by atoms with Crippen LogP contribution in [-0.4, -0.2) is 37.1 Å². The van der Waals surface area contributed by atoms with Crippen LogP contribution in [0, 0.1) is 5.82 Å². The average Bonchev–Trinajstić information content (AvgIpc) is 3.28. The number of amides is 2. The zero-order chi connectivity index (χ0) is 22.2. The van der Waals surface area contributed by atoms with Crippen LogP contribution in [0.5, 0.6) is 0 Å². The highest BCUT2D eigenvalue weighted by Gasteiger charge is 2.40. The lowest BCUT2D eigenvalue weighted by atomic mass is 10.1. The number of hydrogen-bond acceptors (Lipinski definition) is 5. The molecule has 10 heteroatoms. The molecular formula is C21H24FN3O4S2. The van der Waals surface area contributed by atoms with E-state index in [1.807, 2.05) is 0 Å². The maximum absolute atomic E-state index is 13.2. The minimum absolute atomic E-state index is 0.0609. The number of thiophene rings is 1. The number of carbonyl (C=O) groups excluding carboxylic acids is 2. The van der Waals surface area contributed by atoms with E-state index in [0.717, 1.165) is 59.0 Å². The second kappa shape index (κ2) is 8.68. The Labute approximate surface area is 184 Å². The largest absolute Gasteiger partial charge is 0.365 e. The quantitative estimate of drug-likeness (QED) is 0.662. The molecule has 1 atom stereocenters. The van der Waals surface area contributed by atoms with Gasteiger partial charge in [-0.2, -0.15) is 4.31 Å². The topological polar surface area (TPSA) is 110 Å².